The number of rotatable bonds is 1. The molecule has 3 N–H and O–H groups in total. The number of aryl methyl sites for hydroxylation is 1. The molecule has 7 heteroatoms. The van der Waals surface area contributed by atoms with Gasteiger partial charge in [0, 0.05) is 13.1 Å². The highest BCUT2D eigenvalue weighted by molar-refractivity contribution is 7.80. The lowest BCUT2D eigenvalue weighted by molar-refractivity contribution is 0.371. The normalized spacial score (nSPS) is 18.4. The van der Waals surface area contributed by atoms with E-state index in [1.807, 2.05) is 4.90 Å². The molecule has 0 aromatic heterocycles. The van der Waals surface area contributed by atoms with Gasteiger partial charge < -0.3 is 20.4 Å². The lowest BCUT2D eigenvalue weighted by Crippen LogP contribution is -2.43. The summed E-state index contributed by atoms with van der Waals surface area (Å²) in [6.07, 6.45) is 2.67. The molecule has 4 nitrogen and oxygen atoms in total. The minimum absolute atomic E-state index is 0.139. The Bertz CT molecular complexity index is 904. The zero-order chi connectivity index (χ0) is 18.4. The van der Waals surface area contributed by atoms with Crippen LogP contribution in [0.2, 0.25) is 10.0 Å². The van der Waals surface area contributed by atoms with Gasteiger partial charge in [0.1, 0.15) is 0 Å². The smallest absolute Gasteiger partial charge is 0.178 e. The molecule has 1 aliphatic heterocycles. The maximum absolute atomic E-state index is 9.97. The average molecular weight is 409 g/mol. The lowest BCUT2D eigenvalue weighted by atomic mass is 9.98. The summed E-state index contributed by atoms with van der Waals surface area (Å²) < 4.78 is 0. The first-order valence-corrected chi connectivity index (χ1v) is 9.67. The largest absolute Gasteiger partial charge is 0.503 e. The van der Waals surface area contributed by atoms with E-state index in [4.69, 9.17) is 35.4 Å². The Morgan fingerprint density at radius 3 is 2.54 bits per heavy atom. The number of hydrogen-bond acceptors (Lipinski definition) is 3. The van der Waals surface area contributed by atoms with E-state index in [-0.39, 0.29) is 27.6 Å². The van der Waals surface area contributed by atoms with Gasteiger partial charge in [-0.15, -0.1) is 0 Å². The summed E-state index contributed by atoms with van der Waals surface area (Å²) >= 11 is 18.0. The Balaban J connectivity index is 1.54. The second kappa shape index (κ2) is 6.80. The first kappa shape index (κ1) is 17.7. The Morgan fingerprint density at radius 2 is 1.77 bits per heavy atom. The third kappa shape index (κ3) is 2.88. The van der Waals surface area contributed by atoms with E-state index < -0.39 is 0 Å². The molecule has 1 aliphatic carbocycles. The molecule has 0 unspecified atom stereocenters. The van der Waals surface area contributed by atoms with Crippen molar-refractivity contribution in [2.24, 2.45) is 0 Å². The van der Waals surface area contributed by atoms with E-state index >= 15 is 0 Å². The van der Waals surface area contributed by atoms with E-state index in [0.717, 1.165) is 18.4 Å². The molecule has 0 saturated carbocycles. The third-order valence-electron chi connectivity index (χ3n) is 5.23. The summed E-state index contributed by atoms with van der Waals surface area (Å²) in [7, 11) is 0. The van der Waals surface area contributed by atoms with E-state index in [9.17, 15) is 10.2 Å². The Kier molecular flexibility index (Phi) is 4.63. The summed E-state index contributed by atoms with van der Waals surface area (Å²) in [5.74, 6) is -0.729. The summed E-state index contributed by atoms with van der Waals surface area (Å²) in [5, 5.41) is 24.3. The van der Waals surface area contributed by atoms with Crippen molar-refractivity contribution in [3.05, 3.63) is 56.6 Å². The topological polar surface area (TPSA) is 55.7 Å². The molecule has 0 spiro atoms. The van der Waals surface area contributed by atoms with Gasteiger partial charge in [0.2, 0.25) is 0 Å². The number of thiocarbonyl (C=S) groups is 1. The highest BCUT2D eigenvalue weighted by Crippen LogP contribution is 2.46. The summed E-state index contributed by atoms with van der Waals surface area (Å²) in [6.45, 7) is 1.12. The van der Waals surface area contributed by atoms with Crippen molar-refractivity contribution in [2.45, 2.75) is 31.8 Å². The first-order chi connectivity index (χ1) is 12.5. The van der Waals surface area contributed by atoms with Crippen LogP contribution in [0.3, 0.4) is 0 Å². The summed E-state index contributed by atoms with van der Waals surface area (Å²) in [4.78, 5) is 2.03. The van der Waals surface area contributed by atoms with Crippen LogP contribution < -0.4 is 5.32 Å². The average Bonchev–Trinajstić information content (AvgIpc) is 3.07. The molecule has 1 atom stereocenters. The van der Waals surface area contributed by atoms with Gasteiger partial charge in [0.25, 0.3) is 0 Å². The third-order valence-corrected chi connectivity index (χ3v) is 6.42. The van der Waals surface area contributed by atoms with Gasteiger partial charge in [-0.3, -0.25) is 0 Å². The number of halogens is 2. The summed E-state index contributed by atoms with van der Waals surface area (Å²) in [6, 6.07) is 8.64. The van der Waals surface area contributed by atoms with Gasteiger partial charge >= 0.3 is 0 Å². The van der Waals surface area contributed by atoms with Crippen LogP contribution in [0.25, 0.3) is 0 Å². The number of phenolic OH excluding ortho intramolecular Hbond substituents is 2. The van der Waals surface area contributed by atoms with Gasteiger partial charge in [-0.2, -0.15) is 0 Å². The zero-order valence-corrected chi connectivity index (χ0v) is 16.3. The molecule has 2 aromatic carbocycles. The van der Waals surface area contributed by atoms with E-state index in [1.54, 1.807) is 0 Å². The van der Waals surface area contributed by atoms with Crippen molar-refractivity contribution in [3.63, 3.8) is 0 Å². The molecule has 4 rings (SSSR count). The molecule has 26 heavy (non-hydrogen) atoms. The van der Waals surface area contributed by atoms with Crippen molar-refractivity contribution < 1.29 is 10.2 Å². The van der Waals surface area contributed by atoms with Crippen molar-refractivity contribution >= 4 is 40.5 Å². The molecule has 2 aromatic rings. The van der Waals surface area contributed by atoms with Crippen LogP contribution in [0.5, 0.6) is 11.5 Å². The number of benzene rings is 2. The molecule has 2 aliphatic rings. The molecule has 0 saturated heterocycles. The fraction of sp³-hybridized carbons (Fsp3) is 0.316. The minimum atomic E-state index is -0.374. The predicted molar refractivity (Wildman–Crippen MR) is 107 cm³/mol. The minimum Gasteiger partial charge on any atom is -0.503 e. The number of aromatic hydroxyl groups is 2. The molecule has 0 fully saturated rings. The van der Waals surface area contributed by atoms with Crippen LogP contribution in [0.4, 0.5) is 0 Å². The van der Waals surface area contributed by atoms with Crippen LogP contribution in [-0.2, 0) is 19.4 Å². The van der Waals surface area contributed by atoms with Crippen LogP contribution in [0.15, 0.2) is 24.3 Å². The molecular formula is C19H18Cl2N2O2S. The number of phenols is 2. The molecule has 0 bridgehead atoms. The molecule has 1 heterocycles. The van der Waals surface area contributed by atoms with Gasteiger partial charge in [-0.1, -0.05) is 47.5 Å². The van der Waals surface area contributed by atoms with Crippen molar-refractivity contribution in [1.82, 2.24) is 10.2 Å². The van der Waals surface area contributed by atoms with E-state index in [1.165, 1.54) is 11.1 Å². The van der Waals surface area contributed by atoms with Crippen molar-refractivity contribution in [1.29, 1.82) is 0 Å². The van der Waals surface area contributed by atoms with Crippen molar-refractivity contribution in [3.8, 4) is 11.5 Å². The first-order valence-electron chi connectivity index (χ1n) is 8.51. The SMILES string of the molecule is Oc1c(O)c(Cl)c2c(c1Cl)CCN(C(=S)N[C@@H]1CCc3ccccc31)C2. The highest BCUT2D eigenvalue weighted by Gasteiger charge is 2.29. The molecule has 0 amide bonds. The standard InChI is InChI=1S/C19H18Cl2N2O2S/c20-15-12-7-8-23(9-13(12)16(21)18(25)17(15)24)19(26)22-14-6-5-10-3-1-2-4-11(10)14/h1-4,14,24-25H,5-9H2,(H,22,26)/t14-/m1/s1. The monoisotopic (exact) mass is 408 g/mol. The Morgan fingerprint density at radius 1 is 1.08 bits per heavy atom. The zero-order valence-electron chi connectivity index (χ0n) is 13.9. The predicted octanol–water partition coefficient (Wildman–Crippen LogP) is 4.32. The maximum atomic E-state index is 9.97. The Hall–Kier alpha value is -1.69. The van der Waals surface area contributed by atoms with Gasteiger partial charge in [-0.25, -0.2) is 0 Å². The molecular weight excluding hydrogens is 391 g/mol. The molecule has 136 valence electrons. The fourth-order valence-corrected chi connectivity index (χ4v) is 4.68. The van der Waals surface area contributed by atoms with Gasteiger partial charge in [-0.05, 0) is 53.7 Å². The van der Waals surface area contributed by atoms with E-state index in [0.29, 0.717) is 30.2 Å². The van der Waals surface area contributed by atoms with Crippen LogP contribution >= 0.6 is 35.4 Å². The Labute approximate surface area is 167 Å². The molecule has 0 radical (unpaired) electrons. The van der Waals surface area contributed by atoms with Crippen molar-refractivity contribution in [2.75, 3.05) is 6.54 Å². The maximum Gasteiger partial charge on any atom is 0.178 e. The van der Waals surface area contributed by atoms with Gasteiger partial charge in [0.05, 0.1) is 16.1 Å². The van der Waals surface area contributed by atoms with Crippen LogP contribution in [0.1, 0.15) is 34.7 Å². The number of nitrogens with zero attached hydrogens (tertiary/aromatic N) is 1. The highest BCUT2D eigenvalue weighted by atomic mass is 35.5. The van der Waals surface area contributed by atoms with Gasteiger partial charge in [0.15, 0.2) is 16.6 Å². The number of nitrogens with one attached hydrogen (secondary N) is 1. The second-order valence-electron chi connectivity index (χ2n) is 6.69. The lowest BCUT2D eigenvalue weighted by Gasteiger charge is -2.33. The number of fused-ring (bicyclic) bond motifs is 2. The van der Waals surface area contributed by atoms with E-state index in [2.05, 4.69) is 29.6 Å². The fourth-order valence-electron chi connectivity index (χ4n) is 3.82. The van der Waals surface area contributed by atoms with Crippen LogP contribution in [-0.4, -0.2) is 26.8 Å². The number of hydrogen-bond donors (Lipinski definition) is 3. The summed E-state index contributed by atoms with van der Waals surface area (Å²) in [5.41, 5.74) is 4.16. The van der Waals surface area contributed by atoms with Crippen LogP contribution in [0, 0.1) is 0 Å². The quantitative estimate of drug-likeness (QED) is 0.484. The second-order valence-corrected chi connectivity index (χ2v) is 7.84.